The molecule has 216 valence electrons. The van der Waals surface area contributed by atoms with Crippen LogP contribution in [-0.4, -0.2) is 53.6 Å². The molecule has 0 bridgehead atoms. The van der Waals surface area contributed by atoms with Crippen LogP contribution in [0.4, 0.5) is 33.6 Å². The molecular formula is C24H23ClF5N5O4S. The molecule has 40 heavy (non-hydrogen) atoms. The van der Waals surface area contributed by atoms with Crippen LogP contribution in [0, 0.1) is 11.8 Å². The van der Waals surface area contributed by atoms with E-state index in [4.69, 9.17) is 21.5 Å². The van der Waals surface area contributed by atoms with Crippen LogP contribution in [0.3, 0.4) is 0 Å². The molecule has 2 aromatic heterocycles. The lowest BCUT2D eigenvalue weighted by atomic mass is 10.1. The van der Waals surface area contributed by atoms with Gasteiger partial charge in [0.25, 0.3) is 10.0 Å². The van der Waals surface area contributed by atoms with Gasteiger partial charge in [-0.25, -0.2) is 27.6 Å². The minimum atomic E-state index is -5.08. The number of aromatic nitrogens is 2. The first-order valence-corrected chi connectivity index (χ1v) is 13.5. The van der Waals surface area contributed by atoms with Crippen LogP contribution in [0.1, 0.15) is 24.0 Å². The molecule has 0 unspecified atom stereocenters. The smallest absolute Gasteiger partial charge is 0.475 e. The molecule has 0 atom stereocenters. The predicted octanol–water partition coefficient (Wildman–Crippen LogP) is 5.05. The average Bonchev–Trinajstić information content (AvgIpc) is 3.37. The maximum atomic E-state index is 14.6. The highest BCUT2D eigenvalue weighted by atomic mass is 35.5. The number of halogens is 6. The topological polar surface area (TPSA) is 125 Å². The Bertz CT molecular complexity index is 1450. The number of likely N-dealkylation sites (tertiary alicyclic amines) is 1. The van der Waals surface area contributed by atoms with Gasteiger partial charge in [0.15, 0.2) is 0 Å². The number of aliphatic carboxylic acids is 1. The van der Waals surface area contributed by atoms with E-state index in [1.807, 2.05) is 6.07 Å². The van der Waals surface area contributed by atoms with Crippen LogP contribution in [0.2, 0.25) is 5.02 Å². The quantitative estimate of drug-likeness (QED) is 0.240. The summed E-state index contributed by atoms with van der Waals surface area (Å²) in [5, 5.41) is 10.2. The van der Waals surface area contributed by atoms with Crippen molar-refractivity contribution in [3.8, 4) is 0 Å². The van der Waals surface area contributed by atoms with Crippen LogP contribution in [0.5, 0.6) is 0 Å². The van der Waals surface area contributed by atoms with Gasteiger partial charge in [-0.05, 0) is 55.8 Å². The summed E-state index contributed by atoms with van der Waals surface area (Å²) in [4.78, 5) is 18.5. The summed E-state index contributed by atoms with van der Waals surface area (Å²) >= 11 is 6.25. The van der Waals surface area contributed by atoms with Gasteiger partial charge in [0.2, 0.25) is 5.95 Å². The fourth-order valence-corrected chi connectivity index (χ4v) is 4.93. The number of nitrogens with one attached hydrogen (secondary N) is 2. The molecule has 0 amide bonds. The number of alkyl halides is 3. The normalized spacial score (nSPS) is 13.8. The molecule has 0 saturated carbocycles. The Morgan fingerprint density at radius 2 is 1.75 bits per heavy atom. The second kappa shape index (κ2) is 13.2. The first-order valence-electron chi connectivity index (χ1n) is 11.6. The van der Waals surface area contributed by atoms with Crippen molar-refractivity contribution in [1.82, 2.24) is 14.9 Å². The van der Waals surface area contributed by atoms with Crippen LogP contribution in [0.25, 0.3) is 0 Å². The fourth-order valence-electron chi connectivity index (χ4n) is 3.66. The van der Waals surface area contributed by atoms with Crippen molar-refractivity contribution in [3.05, 3.63) is 76.6 Å². The minimum absolute atomic E-state index is 0.0440. The standard InChI is InChI=1S/C22H22ClF2N5O2S.C2HF3O2/c23-18-11-16(33(31,32)29-21-8-4-7-20(25)28-21)12-26-22(18)27-13-17-15(5-3-6-19(17)24)14-30-9-1-2-10-30;3-2(4,5)1(6)7/h3-8,11-12H,1-2,9-10,13-14H2,(H,26,27)(H,28,29);(H,6,7). The summed E-state index contributed by atoms with van der Waals surface area (Å²) in [6.07, 6.45) is -1.69. The highest BCUT2D eigenvalue weighted by molar-refractivity contribution is 7.92. The van der Waals surface area contributed by atoms with Crippen LogP contribution < -0.4 is 10.0 Å². The van der Waals surface area contributed by atoms with E-state index in [1.165, 1.54) is 24.3 Å². The minimum Gasteiger partial charge on any atom is -0.475 e. The third-order valence-corrected chi connectivity index (χ3v) is 7.17. The number of anilines is 2. The average molecular weight is 608 g/mol. The highest BCUT2D eigenvalue weighted by Gasteiger charge is 2.38. The number of benzene rings is 1. The molecule has 0 aliphatic carbocycles. The summed E-state index contributed by atoms with van der Waals surface area (Å²) in [6, 6.07) is 9.96. The van der Waals surface area contributed by atoms with E-state index in [0.717, 1.165) is 43.8 Å². The van der Waals surface area contributed by atoms with Crippen molar-refractivity contribution in [3.63, 3.8) is 0 Å². The number of pyridine rings is 2. The SMILES string of the molecule is O=C(O)C(F)(F)F.O=S(=O)(Nc1cccc(F)n1)c1cnc(NCc2c(F)cccc2CN2CCCC2)c(Cl)c1. The van der Waals surface area contributed by atoms with Crippen molar-refractivity contribution in [1.29, 1.82) is 0 Å². The van der Waals surface area contributed by atoms with Crippen molar-refractivity contribution in [2.45, 2.75) is 37.0 Å². The molecular weight excluding hydrogens is 585 g/mol. The number of nitrogens with zero attached hydrogens (tertiary/aromatic N) is 3. The molecule has 0 spiro atoms. The third-order valence-electron chi connectivity index (χ3n) is 5.56. The molecule has 9 nitrogen and oxygen atoms in total. The van der Waals surface area contributed by atoms with Gasteiger partial charge in [0.1, 0.15) is 22.3 Å². The molecule has 1 aliphatic heterocycles. The van der Waals surface area contributed by atoms with Crippen LogP contribution in [0.15, 0.2) is 53.6 Å². The fraction of sp³-hybridized carbons (Fsp3) is 0.292. The molecule has 16 heteroatoms. The number of rotatable bonds is 8. The van der Waals surface area contributed by atoms with Gasteiger partial charge in [0, 0.05) is 24.8 Å². The summed E-state index contributed by atoms with van der Waals surface area (Å²) < 4.78 is 86.8. The van der Waals surface area contributed by atoms with E-state index in [9.17, 15) is 30.4 Å². The summed E-state index contributed by atoms with van der Waals surface area (Å²) in [6.45, 7) is 2.78. The lowest BCUT2D eigenvalue weighted by molar-refractivity contribution is -0.192. The number of carboxylic acids is 1. The van der Waals surface area contributed by atoms with Crippen LogP contribution in [-0.2, 0) is 27.9 Å². The maximum Gasteiger partial charge on any atom is 0.490 e. The Morgan fingerprint density at radius 3 is 2.35 bits per heavy atom. The van der Waals surface area contributed by atoms with Gasteiger partial charge < -0.3 is 10.4 Å². The monoisotopic (exact) mass is 607 g/mol. The molecule has 0 radical (unpaired) electrons. The van der Waals surface area contributed by atoms with E-state index in [0.29, 0.717) is 12.1 Å². The second-order valence-corrected chi connectivity index (χ2v) is 10.6. The van der Waals surface area contributed by atoms with E-state index in [1.54, 1.807) is 6.07 Å². The number of hydrogen-bond acceptors (Lipinski definition) is 7. The van der Waals surface area contributed by atoms with Crippen molar-refractivity contribution < 1.29 is 40.3 Å². The van der Waals surface area contributed by atoms with Gasteiger partial charge in [-0.2, -0.15) is 17.6 Å². The van der Waals surface area contributed by atoms with Crippen LogP contribution >= 0.6 is 11.6 Å². The molecule has 4 rings (SSSR count). The Morgan fingerprint density at radius 1 is 1.10 bits per heavy atom. The van der Waals surface area contributed by atoms with Crippen molar-refractivity contribution in [2.24, 2.45) is 0 Å². The summed E-state index contributed by atoms with van der Waals surface area (Å²) in [7, 11) is -4.08. The van der Waals surface area contributed by atoms with Gasteiger partial charge >= 0.3 is 12.1 Å². The van der Waals surface area contributed by atoms with Crippen molar-refractivity contribution in [2.75, 3.05) is 23.1 Å². The number of carbonyl (C=O) groups is 1. The maximum absolute atomic E-state index is 14.6. The van der Waals surface area contributed by atoms with E-state index < -0.39 is 28.1 Å². The van der Waals surface area contributed by atoms with Gasteiger partial charge in [-0.3, -0.25) is 9.62 Å². The largest absolute Gasteiger partial charge is 0.490 e. The molecule has 3 aromatic rings. The summed E-state index contributed by atoms with van der Waals surface area (Å²) in [5.74, 6) is -3.86. The first kappa shape index (κ1) is 31.0. The Balaban J connectivity index is 0.000000559. The zero-order valence-electron chi connectivity index (χ0n) is 20.6. The molecule has 1 fully saturated rings. The lowest BCUT2D eigenvalue weighted by Crippen LogP contribution is -2.21. The Labute approximate surface area is 231 Å². The first-order chi connectivity index (χ1) is 18.8. The summed E-state index contributed by atoms with van der Waals surface area (Å²) in [5.41, 5.74) is 1.39. The van der Waals surface area contributed by atoms with E-state index >= 15 is 0 Å². The zero-order valence-corrected chi connectivity index (χ0v) is 22.1. The second-order valence-electron chi connectivity index (χ2n) is 8.47. The molecule has 1 aromatic carbocycles. The lowest BCUT2D eigenvalue weighted by Gasteiger charge is -2.18. The molecule has 1 aliphatic rings. The third kappa shape index (κ3) is 8.72. The van der Waals surface area contributed by atoms with Gasteiger partial charge in [-0.1, -0.05) is 29.8 Å². The zero-order chi connectivity index (χ0) is 29.5. The van der Waals surface area contributed by atoms with E-state index in [-0.39, 0.29) is 33.9 Å². The number of sulfonamides is 1. The predicted molar refractivity (Wildman–Crippen MR) is 136 cm³/mol. The van der Waals surface area contributed by atoms with Gasteiger partial charge in [-0.15, -0.1) is 0 Å². The highest BCUT2D eigenvalue weighted by Crippen LogP contribution is 2.26. The molecule has 3 N–H and O–H groups in total. The Kier molecular flexibility index (Phi) is 10.2. The Hall–Kier alpha value is -3.56. The van der Waals surface area contributed by atoms with Crippen molar-refractivity contribution >= 4 is 39.2 Å². The van der Waals surface area contributed by atoms with Gasteiger partial charge in [0.05, 0.1) is 5.02 Å². The number of carboxylic acid groups (broad SMARTS) is 1. The molecule has 3 heterocycles. The number of hydrogen-bond donors (Lipinski definition) is 3. The van der Waals surface area contributed by atoms with E-state index in [2.05, 4.69) is 24.9 Å². The molecule has 1 saturated heterocycles.